The molecule has 1 aromatic rings. The molecule has 0 saturated heterocycles. The van der Waals surface area contributed by atoms with Crippen LogP contribution in [-0.4, -0.2) is 24.8 Å². The number of rotatable bonds is 6. The fourth-order valence-corrected chi connectivity index (χ4v) is 1.69. The van der Waals surface area contributed by atoms with E-state index in [-0.39, 0.29) is 12.6 Å². The van der Waals surface area contributed by atoms with E-state index in [4.69, 9.17) is 5.11 Å². The van der Waals surface area contributed by atoms with Gasteiger partial charge in [0.1, 0.15) is 0 Å². The molecule has 0 saturated carbocycles. The Morgan fingerprint density at radius 1 is 1.25 bits per heavy atom. The lowest BCUT2D eigenvalue weighted by Gasteiger charge is -2.07. The molecule has 0 atom stereocenters. The van der Waals surface area contributed by atoms with Crippen LogP contribution in [0.15, 0.2) is 24.3 Å². The number of carbonyl (C=O) groups is 1. The highest BCUT2D eigenvalue weighted by Crippen LogP contribution is 2.12. The first-order chi connectivity index (χ1) is 7.77. The van der Waals surface area contributed by atoms with Gasteiger partial charge < -0.3 is 9.84 Å². The van der Waals surface area contributed by atoms with Crippen LogP contribution in [0.3, 0.4) is 0 Å². The Bertz CT molecular complexity index is 334. The van der Waals surface area contributed by atoms with Gasteiger partial charge in [-0.3, -0.25) is 4.79 Å². The van der Waals surface area contributed by atoms with Gasteiger partial charge in [0.2, 0.25) is 0 Å². The summed E-state index contributed by atoms with van der Waals surface area (Å²) in [6, 6.07) is 8.01. The molecule has 16 heavy (non-hydrogen) atoms. The summed E-state index contributed by atoms with van der Waals surface area (Å²) in [6.45, 7) is 0.161. The maximum atomic E-state index is 11.0. The number of ether oxygens (including phenoxy) is 1. The zero-order valence-corrected chi connectivity index (χ0v) is 9.61. The van der Waals surface area contributed by atoms with Crippen molar-refractivity contribution < 1.29 is 14.6 Å². The summed E-state index contributed by atoms with van der Waals surface area (Å²) >= 11 is 0. The molecule has 88 valence electrons. The van der Waals surface area contributed by atoms with Crippen LogP contribution in [-0.2, 0) is 22.4 Å². The standard InChI is InChI=1S/C13H18O3/c1-16-13(15)8-4-7-11-5-2-3-6-12(11)9-10-14/h2-3,5-6,14H,4,7-10H2,1H3. The topological polar surface area (TPSA) is 46.5 Å². The van der Waals surface area contributed by atoms with E-state index in [1.807, 2.05) is 24.3 Å². The van der Waals surface area contributed by atoms with E-state index < -0.39 is 0 Å². The minimum atomic E-state index is -0.167. The van der Waals surface area contributed by atoms with Crippen molar-refractivity contribution in [2.75, 3.05) is 13.7 Å². The Morgan fingerprint density at radius 2 is 1.88 bits per heavy atom. The average molecular weight is 222 g/mol. The Balaban J connectivity index is 2.49. The number of methoxy groups -OCH3 is 1. The van der Waals surface area contributed by atoms with E-state index >= 15 is 0 Å². The van der Waals surface area contributed by atoms with Gasteiger partial charge in [-0.05, 0) is 30.4 Å². The number of aliphatic hydroxyl groups is 1. The lowest BCUT2D eigenvalue weighted by Crippen LogP contribution is -2.02. The molecule has 0 bridgehead atoms. The smallest absolute Gasteiger partial charge is 0.305 e. The second-order valence-corrected chi connectivity index (χ2v) is 3.67. The predicted molar refractivity (Wildman–Crippen MR) is 62.2 cm³/mol. The first-order valence-electron chi connectivity index (χ1n) is 5.52. The molecule has 0 unspecified atom stereocenters. The Kier molecular flexibility index (Phi) is 5.57. The van der Waals surface area contributed by atoms with Crippen molar-refractivity contribution in [1.82, 2.24) is 0 Å². The quantitative estimate of drug-likeness (QED) is 0.745. The predicted octanol–water partition coefficient (Wildman–Crippen LogP) is 1.72. The Morgan fingerprint density at radius 3 is 2.44 bits per heavy atom. The number of carbonyl (C=O) groups excluding carboxylic acids is 1. The van der Waals surface area contributed by atoms with E-state index in [0.29, 0.717) is 12.8 Å². The van der Waals surface area contributed by atoms with Crippen LogP contribution in [0.5, 0.6) is 0 Å². The molecule has 0 amide bonds. The second kappa shape index (κ2) is 7.01. The summed E-state index contributed by atoms with van der Waals surface area (Å²) in [5.74, 6) is -0.167. The van der Waals surface area contributed by atoms with Crippen molar-refractivity contribution in [2.24, 2.45) is 0 Å². The van der Waals surface area contributed by atoms with Crippen LogP contribution < -0.4 is 0 Å². The first-order valence-corrected chi connectivity index (χ1v) is 5.52. The summed E-state index contributed by atoms with van der Waals surface area (Å²) < 4.78 is 4.59. The van der Waals surface area contributed by atoms with Crippen molar-refractivity contribution in [1.29, 1.82) is 0 Å². The van der Waals surface area contributed by atoms with Gasteiger partial charge in [0.05, 0.1) is 7.11 Å². The lowest BCUT2D eigenvalue weighted by molar-refractivity contribution is -0.140. The highest BCUT2D eigenvalue weighted by molar-refractivity contribution is 5.69. The third-order valence-corrected chi connectivity index (χ3v) is 2.55. The molecular weight excluding hydrogens is 204 g/mol. The lowest BCUT2D eigenvalue weighted by atomic mass is 10.00. The number of benzene rings is 1. The first kappa shape index (κ1) is 12.7. The van der Waals surface area contributed by atoms with Crippen LogP contribution in [0, 0.1) is 0 Å². The van der Waals surface area contributed by atoms with Crippen molar-refractivity contribution in [2.45, 2.75) is 25.7 Å². The Labute approximate surface area is 96.1 Å². The largest absolute Gasteiger partial charge is 0.469 e. The summed E-state index contributed by atoms with van der Waals surface area (Å²) in [5, 5.41) is 8.92. The summed E-state index contributed by atoms with van der Waals surface area (Å²) in [7, 11) is 1.40. The highest BCUT2D eigenvalue weighted by atomic mass is 16.5. The third kappa shape index (κ3) is 4.03. The van der Waals surface area contributed by atoms with Gasteiger partial charge in [0.15, 0.2) is 0 Å². The molecule has 1 N–H and O–H groups in total. The van der Waals surface area contributed by atoms with Crippen LogP contribution in [0.25, 0.3) is 0 Å². The van der Waals surface area contributed by atoms with Crippen LogP contribution in [0.4, 0.5) is 0 Å². The van der Waals surface area contributed by atoms with Crippen LogP contribution in [0.1, 0.15) is 24.0 Å². The minimum Gasteiger partial charge on any atom is -0.469 e. The monoisotopic (exact) mass is 222 g/mol. The van der Waals surface area contributed by atoms with Gasteiger partial charge >= 0.3 is 5.97 Å². The molecule has 0 heterocycles. The normalized spacial score (nSPS) is 10.1. The highest BCUT2D eigenvalue weighted by Gasteiger charge is 2.03. The van der Waals surface area contributed by atoms with E-state index in [9.17, 15) is 4.79 Å². The van der Waals surface area contributed by atoms with Crippen LogP contribution in [0.2, 0.25) is 0 Å². The summed E-state index contributed by atoms with van der Waals surface area (Å²) in [6.07, 6.45) is 2.76. The number of hydrogen-bond acceptors (Lipinski definition) is 3. The third-order valence-electron chi connectivity index (χ3n) is 2.55. The number of aliphatic hydroxyl groups excluding tert-OH is 1. The molecule has 0 aliphatic carbocycles. The van der Waals surface area contributed by atoms with Crippen molar-refractivity contribution in [3.63, 3.8) is 0 Å². The summed E-state index contributed by atoms with van der Waals surface area (Å²) in [5.41, 5.74) is 2.37. The molecular formula is C13H18O3. The fraction of sp³-hybridized carbons (Fsp3) is 0.462. The molecule has 0 radical (unpaired) electrons. The van der Waals surface area contributed by atoms with Gasteiger partial charge in [-0.15, -0.1) is 0 Å². The molecule has 1 rings (SSSR count). The average Bonchev–Trinajstić information content (AvgIpc) is 2.31. The number of aryl methyl sites for hydroxylation is 1. The molecule has 0 spiro atoms. The van der Waals surface area contributed by atoms with Gasteiger partial charge in [0.25, 0.3) is 0 Å². The zero-order valence-electron chi connectivity index (χ0n) is 9.61. The van der Waals surface area contributed by atoms with Gasteiger partial charge in [-0.1, -0.05) is 24.3 Å². The Hall–Kier alpha value is -1.35. The SMILES string of the molecule is COC(=O)CCCc1ccccc1CCO. The molecule has 0 aliphatic heterocycles. The number of hydrogen-bond donors (Lipinski definition) is 1. The fourth-order valence-electron chi connectivity index (χ4n) is 1.69. The van der Waals surface area contributed by atoms with E-state index in [1.165, 1.54) is 12.7 Å². The van der Waals surface area contributed by atoms with E-state index in [2.05, 4.69) is 4.74 Å². The molecule has 0 fully saturated rings. The number of esters is 1. The second-order valence-electron chi connectivity index (χ2n) is 3.67. The molecule has 0 aromatic heterocycles. The van der Waals surface area contributed by atoms with Gasteiger partial charge in [0, 0.05) is 13.0 Å². The molecule has 3 nitrogen and oxygen atoms in total. The molecule has 1 aromatic carbocycles. The van der Waals surface area contributed by atoms with E-state index in [1.54, 1.807) is 0 Å². The maximum absolute atomic E-state index is 11.0. The molecule has 3 heteroatoms. The van der Waals surface area contributed by atoms with Crippen molar-refractivity contribution >= 4 is 5.97 Å². The van der Waals surface area contributed by atoms with Gasteiger partial charge in [-0.25, -0.2) is 0 Å². The van der Waals surface area contributed by atoms with E-state index in [0.717, 1.165) is 18.4 Å². The van der Waals surface area contributed by atoms with Crippen molar-refractivity contribution in [3.05, 3.63) is 35.4 Å². The van der Waals surface area contributed by atoms with Gasteiger partial charge in [-0.2, -0.15) is 0 Å². The minimum absolute atomic E-state index is 0.161. The zero-order chi connectivity index (χ0) is 11.8. The molecule has 0 aliphatic rings. The van der Waals surface area contributed by atoms with Crippen molar-refractivity contribution in [3.8, 4) is 0 Å². The summed E-state index contributed by atoms with van der Waals surface area (Å²) in [4.78, 5) is 11.0. The van der Waals surface area contributed by atoms with Crippen LogP contribution >= 0.6 is 0 Å². The maximum Gasteiger partial charge on any atom is 0.305 e.